The minimum Gasteiger partial charge on any atom is -0.346 e. The largest absolute Gasteiger partial charge is 0.346 e. The average Bonchev–Trinajstić information content (AvgIpc) is 2.96. The first-order valence-corrected chi connectivity index (χ1v) is 8.34. The highest BCUT2D eigenvalue weighted by molar-refractivity contribution is 6.75. The topological polar surface area (TPSA) is 35.6 Å². The van der Waals surface area contributed by atoms with Crippen LogP contribution in [-0.2, 0) is 0 Å². The molecule has 0 aliphatic rings. The van der Waals surface area contributed by atoms with Gasteiger partial charge in [-0.15, -0.1) is 0 Å². The van der Waals surface area contributed by atoms with Crippen LogP contribution in [0.15, 0.2) is 37.4 Å². The van der Waals surface area contributed by atoms with Gasteiger partial charge in [-0.05, 0) is 12.6 Å². The second-order valence-electron chi connectivity index (χ2n) is 4.26. The third-order valence-electron chi connectivity index (χ3n) is 3.13. The van der Waals surface area contributed by atoms with Crippen LogP contribution in [0.25, 0.3) is 0 Å². The highest BCUT2D eigenvalue weighted by Crippen LogP contribution is 2.18. The highest BCUT2D eigenvalue weighted by atomic mass is 28.3. The zero-order valence-corrected chi connectivity index (χ0v) is 10.9. The first-order valence-electron chi connectivity index (χ1n) is 5.74. The van der Waals surface area contributed by atoms with E-state index < -0.39 is 8.40 Å². The van der Waals surface area contributed by atoms with Gasteiger partial charge in [-0.1, -0.05) is 19.8 Å². The number of hydrogen-bond acceptors (Lipinski definition) is 2. The Balaban J connectivity index is 2.33. The fourth-order valence-electron chi connectivity index (χ4n) is 1.99. The predicted octanol–water partition coefficient (Wildman–Crippen LogP) is 2.35. The minimum absolute atomic E-state index is 1.22. The van der Waals surface area contributed by atoms with Crippen molar-refractivity contribution in [3.8, 4) is 0 Å². The summed E-state index contributed by atoms with van der Waals surface area (Å²) in [6.07, 6.45) is 14.2. The summed E-state index contributed by atoms with van der Waals surface area (Å²) in [7, 11) is -1.71. The van der Waals surface area contributed by atoms with Crippen molar-refractivity contribution >= 4 is 8.40 Å². The SMILES string of the molecule is CCCC[Si](C)(n1ccnc1)n1ccnc1. The van der Waals surface area contributed by atoms with Gasteiger partial charge in [0.05, 0.1) is 12.7 Å². The van der Waals surface area contributed by atoms with E-state index in [0.29, 0.717) is 0 Å². The lowest BCUT2D eigenvalue weighted by molar-refractivity contribution is 0.826. The van der Waals surface area contributed by atoms with Crippen molar-refractivity contribution in [1.29, 1.82) is 0 Å². The maximum absolute atomic E-state index is 4.17. The van der Waals surface area contributed by atoms with Crippen LogP contribution in [0.2, 0.25) is 12.6 Å². The number of nitrogens with zero attached hydrogens (tertiary/aromatic N) is 4. The van der Waals surface area contributed by atoms with Crippen molar-refractivity contribution < 1.29 is 0 Å². The molecule has 0 atom stereocenters. The van der Waals surface area contributed by atoms with Crippen LogP contribution in [0.3, 0.4) is 0 Å². The molecule has 0 aliphatic carbocycles. The summed E-state index contributed by atoms with van der Waals surface area (Å²) in [5.74, 6) is 0. The van der Waals surface area contributed by atoms with Crippen LogP contribution in [-0.4, -0.2) is 26.8 Å². The lowest BCUT2D eigenvalue weighted by atomic mass is 10.4. The van der Waals surface area contributed by atoms with E-state index in [2.05, 4.69) is 44.3 Å². The van der Waals surface area contributed by atoms with Crippen molar-refractivity contribution in [2.75, 3.05) is 0 Å². The Morgan fingerprint density at radius 1 is 1.06 bits per heavy atom. The molecular formula is C11H18N4Si. The van der Waals surface area contributed by atoms with Gasteiger partial charge in [-0.25, -0.2) is 9.97 Å². The molecule has 2 aromatic heterocycles. The Bertz CT molecular complexity index is 373. The molecule has 0 radical (unpaired) electrons. The summed E-state index contributed by atoms with van der Waals surface area (Å²) in [4.78, 5) is 8.34. The maximum atomic E-state index is 4.17. The Hall–Kier alpha value is -1.36. The van der Waals surface area contributed by atoms with Crippen molar-refractivity contribution in [2.45, 2.75) is 32.4 Å². The summed E-state index contributed by atoms with van der Waals surface area (Å²) in [6.45, 7) is 4.59. The molecule has 0 bridgehead atoms. The summed E-state index contributed by atoms with van der Waals surface area (Å²) in [5, 5.41) is 0. The first-order chi connectivity index (χ1) is 7.77. The van der Waals surface area contributed by atoms with Gasteiger partial charge >= 0.3 is 0 Å². The number of hydrogen-bond donors (Lipinski definition) is 0. The van der Waals surface area contributed by atoms with Gasteiger partial charge in [0.15, 0.2) is 0 Å². The second-order valence-corrected chi connectivity index (χ2v) is 8.23. The molecule has 16 heavy (non-hydrogen) atoms. The van der Waals surface area contributed by atoms with Crippen LogP contribution >= 0.6 is 0 Å². The number of unbranched alkanes of at least 4 members (excludes halogenated alkanes) is 1. The van der Waals surface area contributed by atoms with Crippen LogP contribution in [0.4, 0.5) is 0 Å². The fraction of sp³-hybridized carbons (Fsp3) is 0.455. The van der Waals surface area contributed by atoms with Crippen LogP contribution in [0.1, 0.15) is 19.8 Å². The molecule has 0 N–H and O–H groups in total. The Morgan fingerprint density at radius 2 is 1.62 bits per heavy atom. The third-order valence-corrected chi connectivity index (χ3v) is 7.18. The van der Waals surface area contributed by atoms with E-state index in [-0.39, 0.29) is 0 Å². The molecule has 0 spiro atoms. The zero-order valence-electron chi connectivity index (χ0n) is 9.87. The van der Waals surface area contributed by atoms with E-state index in [0.717, 1.165) is 0 Å². The Morgan fingerprint density at radius 3 is 2.00 bits per heavy atom. The van der Waals surface area contributed by atoms with Gasteiger partial charge in [-0.3, -0.25) is 0 Å². The molecule has 0 amide bonds. The average molecular weight is 234 g/mol. The molecule has 0 saturated heterocycles. The standard InChI is InChI=1S/C11H18N4Si/c1-3-4-9-16(2,14-7-5-12-10-14)15-8-6-13-11-15/h5-8,10-11H,3-4,9H2,1-2H3. The van der Waals surface area contributed by atoms with Crippen molar-refractivity contribution in [2.24, 2.45) is 0 Å². The van der Waals surface area contributed by atoms with E-state index in [1.54, 1.807) is 0 Å². The van der Waals surface area contributed by atoms with Crippen LogP contribution in [0.5, 0.6) is 0 Å². The van der Waals surface area contributed by atoms with Gasteiger partial charge in [-0.2, -0.15) is 0 Å². The summed E-state index contributed by atoms with van der Waals surface area (Å²) >= 11 is 0. The molecule has 2 heterocycles. The molecule has 5 heteroatoms. The molecule has 0 fully saturated rings. The fourth-order valence-corrected chi connectivity index (χ4v) is 5.20. The number of imidazole rings is 2. The normalized spacial score (nSPS) is 11.9. The lowest BCUT2D eigenvalue weighted by Crippen LogP contribution is -2.46. The number of aromatic nitrogens is 4. The van der Waals surface area contributed by atoms with Gasteiger partial charge in [0.2, 0.25) is 0 Å². The highest BCUT2D eigenvalue weighted by Gasteiger charge is 2.31. The second kappa shape index (κ2) is 4.65. The zero-order chi connectivity index (χ0) is 11.4. The summed E-state index contributed by atoms with van der Waals surface area (Å²) in [5.41, 5.74) is 0. The van der Waals surface area contributed by atoms with Crippen molar-refractivity contribution in [3.05, 3.63) is 37.4 Å². The van der Waals surface area contributed by atoms with Gasteiger partial charge in [0.1, 0.15) is 0 Å². The van der Waals surface area contributed by atoms with E-state index in [1.165, 1.54) is 18.9 Å². The molecule has 2 rings (SSSR count). The first kappa shape index (κ1) is 11.1. The predicted molar refractivity (Wildman–Crippen MR) is 66.6 cm³/mol. The van der Waals surface area contributed by atoms with E-state index in [4.69, 9.17) is 0 Å². The quantitative estimate of drug-likeness (QED) is 0.744. The molecule has 4 nitrogen and oxygen atoms in total. The third kappa shape index (κ3) is 1.95. The summed E-state index contributed by atoms with van der Waals surface area (Å²) in [6, 6.07) is 1.22. The molecule has 86 valence electrons. The minimum atomic E-state index is -1.71. The van der Waals surface area contributed by atoms with E-state index >= 15 is 0 Å². The molecular weight excluding hydrogens is 216 g/mol. The lowest BCUT2D eigenvalue weighted by Gasteiger charge is -2.29. The van der Waals surface area contributed by atoms with Gasteiger partial charge in [0, 0.05) is 24.8 Å². The smallest absolute Gasteiger partial charge is 0.270 e. The van der Waals surface area contributed by atoms with E-state index in [1.807, 2.05) is 25.0 Å². The molecule has 0 saturated carbocycles. The molecule has 0 aromatic carbocycles. The molecule has 2 aromatic rings. The van der Waals surface area contributed by atoms with Crippen LogP contribution < -0.4 is 0 Å². The van der Waals surface area contributed by atoms with Crippen molar-refractivity contribution in [1.82, 2.24) is 18.4 Å². The van der Waals surface area contributed by atoms with Gasteiger partial charge < -0.3 is 8.47 Å². The van der Waals surface area contributed by atoms with Crippen LogP contribution in [0, 0.1) is 0 Å². The number of rotatable bonds is 5. The molecule has 0 unspecified atom stereocenters. The van der Waals surface area contributed by atoms with Crippen molar-refractivity contribution in [3.63, 3.8) is 0 Å². The maximum Gasteiger partial charge on any atom is 0.270 e. The Labute approximate surface area is 97.1 Å². The van der Waals surface area contributed by atoms with Gasteiger partial charge in [0.25, 0.3) is 8.40 Å². The van der Waals surface area contributed by atoms with E-state index in [9.17, 15) is 0 Å². The Kier molecular flexibility index (Phi) is 3.24. The monoisotopic (exact) mass is 234 g/mol. The summed E-state index contributed by atoms with van der Waals surface area (Å²) < 4.78 is 4.56. The molecule has 0 aliphatic heterocycles.